The maximum Gasteiger partial charge on any atom is 0.272 e. The highest BCUT2D eigenvalue weighted by atomic mass is 16.5. The Kier molecular flexibility index (Phi) is 6.44. The fraction of sp³-hybridized carbons (Fsp3) is 0.556. The number of nitrogens with one attached hydrogen (secondary N) is 1. The fourth-order valence-corrected chi connectivity index (χ4v) is 5.10. The zero-order chi connectivity index (χ0) is 21.9. The molecule has 5 heteroatoms. The quantitative estimate of drug-likeness (QED) is 0.637. The zero-order valence-corrected chi connectivity index (χ0v) is 19.2. The van der Waals surface area contributed by atoms with E-state index in [1.807, 2.05) is 18.0 Å². The maximum absolute atomic E-state index is 13.0. The molecule has 0 aliphatic heterocycles. The van der Waals surface area contributed by atoms with Gasteiger partial charge >= 0.3 is 0 Å². The largest absolute Gasteiger partial charge is 0.492 e. The molecule has 170 valence electrons. The van der Waals surface area contributed by atoms with E-state index in [1.54, 1.807) is 12.3 Å². The molecule has 0 saturated heterocycles. The molecule has 1 N–H and O–H groups in total. The van der Waals surface area contributed by atoms with Crippen molar-refractivity contribution in [3.05, 3.63) is 58.9 Å². The van der Waals surface area contributed by atoms with Gasteiger partial charge in [0.05, 0.1) is 12.8 Å². The number of carbonyl (C=O) groups is 1. The minimum Gasteiger partial charge on any atom is -0.492 e. The molecule has 2 aromatic rings. The van der Waals surface area contributed by atoms with Crippen LogP contribution in [-0.2, 0) is 19.4 Å². The Labute approximate surface area is 191 Å². The highest BCUT2D eigenvalue weighted by Crippen LogP contribution is 2.30. The summed E-state index contributed by atoms with van der Waals surface area (Å²) < 4.78 is 5.74. The second-order valence-corrected chi connectivity index (χ2v) is 10.00. The highest BCUT2D eigenvalue weighted by Gasteiger charge is 2.29. The standard InChI is InChI=1S/C27H35N3O2/c1-30(27(31)26-11-10-25(17-29-26)32-18-20-6-7-20)24-13-22-9-8-21(12-23(22)14-24)16-28-15-19-4-2-3-5-19/h8-12,17,19-20,24,28H,2-7,13-16,18H2,1H3. The fourth-order valence-electron chi connectivity index (χ4n) is 5.10. The summed E-state index contributed by atoms with van der Waals surface area (Å²) >= 11 is 0. The molecule has 1 amide bonds. The van der Waals surface area contributed by atoms with Crippen LogP contribution in [0.5, 0.6) is 5.75 Å². The van der Waals surface area contributed by atoms with Crippen LogP contribution in [0, 0.1) is 11.8 Å². The highest BCUT2D eigenvalue weighted by molar-refractivity contribution is 5.92. The van der Waals surface area contributed by atoms with Crippen molar-refractivity contribution >= 4 is 5.91 Å². The Balaban J connectivity index is 1.14. The van der Waals surface area contributed by atoms with Crippen LogP contribution < -0.4 is 10.1 Å². The lowest BCUT2D eigenvalue weighted by atomic mass is 10.1. The van der Waals surface area contributed by atoms with Gasteiger partial charge in [-0.25, -0.2) is 4.98 Å². The van der Waals surface area contributed by atoms with Crippen molar-refractivity contribution in [3.8, 4) is 5.75 Å². The second-order valence-electron chi connectivity index (χ2n) is 10.00. The SMILES string of the molecule is CN(C(=O)c1ccc(OCC2CC2)cn1)C1Cc2ccc(CNCC3CCCC3)cc2C1. The molecule has 0 spiro atoms. The molecule has 1 heterocycles. The van der Waals surface area contributed by atoms with Crippen molar-refractivity contribution in [1.82, 2.24) is 15.2 Å². The maximum atomic E-state index is 13.0. The van der Waals surface area contributed by atoms with Gasteiger partial charge in [0, 0.05) is 19.6 Å². The molecule has 1 atom stereocenters. The van der Waals surface area contributed by atoms with Crippen molar-refractivity contribution < 1.29 is 9.53 Å². The van der Waals surface area contributed by atoms with E-state index in [9.17, 15) is 4.79 Å². The van der Waals surface area contributed by atoms with Crippen molar-refractivity contribution in [2.75, 3.05) is 20.2 Å². The van der Waals surface area contributed by atoms with Gasteiger partial charge in [-0.15, -0.1) is 0 Å². The normalized spacial score (nSPS) is 20.3. The van der Waals surface area contributed by atoms with E-state index in [2.05, 4.69) is 28.5 Å². The third-order valence-electron chi connectivity index (χ3n) is 7.42. The third kappa shape index (κ3) is 5.15. The zero-order valence-electron chi connectivity index (χ0n) is 19.2. The first-order valence-electron chi connectivity index (χ1n) is 12.3. The van der Waals surface area contributed by atoms with Crippen LogP contribution in [0.25, 0.3) is 0 Å². The van der Waals surface area contributed by atoms with E-state index in [4.69, 9.17) is 4.74 Å². The van der Waals surface area contributed by atoms with Crippen LogP contribution in [0.1, 0.15) is 65.7 Å². The van der Waals surface area contributed by atoms with Gasteiger partial charge in [-0.2, -0.15) is 0 Å². The summed E-state index contributed by atoms with van der Waals surface area (Å²) in [5.74, 6) is 2.30. The second kappa shape index (κ2) is 9.62. The van der Waals surface area contributed by atoms with Crippen LogP contribution in [0.4, 0.5) is 0 Å². The number of likely N-dealkylation sites (N-methyl/N-ethyl adjacent to an activating group) is 1. The summed E-state index contributed by atoms with van der Waals surface area (Å²) in [5, 5.41) is 3.65. The Morgan fingerprint density at radius 3 is 2.62 bits per heavy atom. The van der Waals surface area contributed by atoms with Gasteiger partial charge < -0.3 is 15.0 Å². The first kappa shape index (κ1) is 21.4. The molecule has 0 radical (unpaired) electrons. The molecule has 3 aliphatic rings. The van der Waals surface area contributed by atoms with Crippen LogP contribution in [0.15, 0.2) is 36.5 Å². The summed E-state index contributed by atoms with van der Waals surface area (Å²) in [5.41, 5.74) is 4.58. The number of rotatable bonds is 9. The molecule has 1 aromatic heterocycles. The van der Waals surface area contributed by atoms with E-state index >= 15 is 0 Å². The Morgan fingerprint density at radius 1 is 1.06 bits per heavy atom. The molecule has 5 rings (SSSR count). The van der Waals surface area contributed by atoms with Crippen molar-refractivity contribution in [1.29, 1.82) is 0 Å². The summed E-state index contributed by atoms with van der Waals surface area (Å²) in [6.45, 7) is 2.82. The predicted molar refractivity (Wildman–Crippen MR) is 126 cm³/mol. The number of benzene rings is 1. The van der Waals surface area contributed by atoms with Gasteiger partial charge in [-0.3, -0.25) is 4.79 Å². The number of amides is 1. The van der Waals surface area contributed by atoms with E-state index < -0.39 is 0 Å². The van der Waals surface area contributed by atoms with Gasteiger partial charge in [0.2, 0.25) is 0 Å². The van der Waals surface area contributed by atoms with Crippen molar-refractivity contribution in [2.45, 2.75) is 64.0 Å². The third-order valence-corrected chi connectivity index (χ3v) is 7.42. The molecule has 3 aliphatic carbocycles. The number of nitrogens with zero attached hydrogens (tertiary/aromatic N) is 2. The number of fused-ring (bicyclic) bond motifs is 1. The molecule has 2 saturated carbocycles. The molecule has 32 heavy (non-hydrogen) atoms. The molecule has 2 fully saturated rings. The van der Waals surface area contributed by atoms with Crippen LogP contribution in [0.3, 0.4) is 0 Å². The molecule has 0 bridgehead atoms. The molecule has 1 aromatic carbocycles. The van der Waals surface area contributed by atoms with Gasteiger partial charge in [0.1, 0.15) is 11.4 Å². The van der Waals surface area contributed by atoms with Gasteiger partial charge in [0.15, 0.2) is 0 Å². The molecular formula is C27H35N3O2. The number of hydrogen-bond donors (Lipinski definition) is 1. The van der Waals surface area contributed by atoms with E-state index in [0.29, 0.717) is 11.6 Å². The number of ether oxygens (including phenoxy) is 1. The Bertz CT molecular complexity index is 932. The van der Waals surface area contributed by atoms with Gasteiger partial charge in [-0.1, -0.05) is 31.0 Å². The van der Waals surface area contributed by atoms with Crippen LogP contribution in [-0.4, -0.2) is 42.0 Å². The number of carbonyl (C=O) groups excluding carboxylic acids is 1. The summed E-state index contributed by atoms with van der Waals surface area (Å²) in [6.07, 6.45) is 11.6. The van der Waals surface area contributed by atoms with Crippen LogP contribution in [0.2, 0.25) is 0 Å². The average molecular weight is 434 g/mol. The van der Waals surface area contributed by atoms with E-state index in [-0.39, 0.29) is 11.9 Å². The van der Waals surface area contributed by atoms with E-state index in [0.717, 1.165) is 44.2 Å². The summed E-state index contributed by atoms with van der Waals surface area (Å²) in [7, 11) is 1.90. The molecular weight excluding hydrogens is 398 g/mol. The first-order valence-corrected chi connectivity index (χ1v) is 12.3. The average Bonchev–Trinajstić information content (AvgIpc) is 3.31. The monoisotopic (exact) mass is 433 g/mol. The van der Waals surface area contributed by atoms with Crippen molar-refractivity contribution in [3.63, 3.8) is 0 Å². The lowest BCUT2D eigenvalue weighted by Crippen LogP contribution is -2.38. The van der Waals surface area contributed by atoms with Crippen molar-refractivity contribution in [2.24, 2.45) is 11.8 Å². The minimum atomic E-state index is -0.0185. The Morgan fingerprint density at radius 2 is 1.88 bits per heavy atom. The topological polar surface area (TPSA) is 54.5 Å². The smallest absolute Gasteiger partial charge is 0.272 e. The summed E-state index contributed by atoms with van der Waals surface area (Å²) in [4.78, 5) is 19.3. The number of pyridine rings is 1. The minimum absolute atomic E-state index is 0.0185. The Hall–Kier alpha value is -2.40. The van der Waals surface area contributed by atoms with Crippen LogP contribution >= 0.6 is 0 Å². The number of hydrogen-bond acceptors (Lipinski definition) is 4. The lowest BCUT2D eigenvalue weighted by molar-refractivity contribution is 0.0731. The molecule has 5 nitrogen and oxygen atoms in total. The van der Waals surface area contributed by atoms with E-state index in [1.165, 1.54) is 55.2 Å². The first-order chi connectivity index (χ1) is 15.7. The molecule has 1 unspecified atom stereocenters. The summed E-state index contributed by atoms with van der Waals surface area (Å²) in [6, 6.07) is 10.7. The predicted octanol–water partition coefficient (Wildman–Crippen LogP) is 4.39. The number of aromatic nitrogens is 1. The van der Waals surface area contributed by atoms with Gasteiger partial charge in [-0.05, 0) is 85.7 Å². The van der Waals surface area contributed by atoms with Gasteiger partial charge in [0.25, 0.3) is 5.91 Å². The lowest BCUT2D eigenvalue weighted by Gasteiger charge is -2.24.